The van der Waals surface area contributed by atoms with Crippen molar-refractivity contribution in [1.29, 1.82) is 0 Å². The molecule has 2 aliphatic carbocycles. The standard InChI is InChI=1S/C25H30N6O/c1-17-6-10-20(11-7-17)31-24-21(16-26-31)23(27-22(28-24)18-8-9-18)29-12-3-13-30(15-14-29)25(32)19-4-2-5-19/h6-7,10-11,16,18-19H,2-5,8-9,12-15H2,1H3. The smallest absolute Gasteiger partial charge is 0.225 e. The fraction of sp³-hybridized carbons (Fsp3) is 0.520. The fourth-order valence-electron chi connectivity index (χ4n) is 4.81. The normalized spacial score (nSPS) is 19.8. The molecule has 0 N–H and O–H groups in total. The van der Waals surface area contributed by atoms with Gasteiger partial charge in [0.25, 0.3) is 0 Å². The molecule has 32 heavy (non-hydrogen) atoms. The van der Waals surface area contributed by atoms with E-state index in [9.17, 15) is 4.79 Å². The summed E-state index contributed by atoms with van der Waals surface area (Å²) in [5.74, 6) is 3.00. The minimum atomic E-state index is 0.265. The van der Waals surface area contributed by atoms with E-state index in [0.717, 1.165) is 86.6 Å². The van der Waals surface area contributed by atoms with Crippen molar-refractivity contribution in [2.24, 2.45) is 5.92 Å². The van der Waals surface area contributed by atoms with Gasteiger partial charge in [0, 0.05) is 38.0 Å². The highest BCUT2D eigenvalue weighted by atomic mass is 16.2. The van der Waals surface area contributed by atoms with Crippen LogP contribution < -0.4 is 4.90 Å². The Morgan fingerprint density at radius 2 is 1.75 bits per heavy atom. The third-order valence-corrected chi connectivity index (χ3v) is 7.21. The summed E-state index contributed by atoms with van der Waals surface area (Å²) in [5, 5.41) is 5.70. The molecule has 2 aromatic heterocycles. The lowest BCUT2D eigenvalue weighted by molar-refractivity contribution is -0.137. The zero-order valence-corrected chi connectivity index (χ0v) is 18.7. The number of nitrogens with zero attached hydrogens (tertiary/aromatic N) is 6. The van der Waals surface area contributed by atoms with Gasteiger partial charge in [-0.25, -0.2) is 14.6 Å². The second kappa shape index (κ2) is 7.87. The quantitative estimate of drug-likeness (QED) is 0.629. The molecule has 0 radical (unpaired) electrons. The second-order valence-corrected chi connectivity index (χ2v) is 9.60. The molecule has 3 aliphatic rings. The van der Waals surface area contributed by atoms with Gasteiger partial charge in [-0.1, -0.05) is 24.1 Å². The zero-order valence-electron chi connectivity index (χ0n) is 18.7. The molecule has 7 nitrogen and oxygen atoms in total. The molecule has 7 heteroatoms. The molecule has 1 aliphatic heterocycles. The average molecular weight is 431 g/mol. The maximum atomic E-state index is 12.8. The van der Waals surface area contributed by atoms with Crippen molar-refractivity contribution in [3.63, 3.8) is 0 Å². The minimum Gasteiger partial charge on any atom is -0.354 e. The van der Waals surface area contributed by atoms with Crippen molar-refractivity contribution in [1.82, 2.24) is 24.6 Å². The molecule has 0 atom stereocenters. The predicted molar refractivity (Wildman–Crippen MR) is 124 cm³/mol. The van der Waals surface area contributed by atoms with Gasteiger partial charge in [0.2, 0.25) is 5.91 Å². The van der Waals surface area contributed by atoms with Crippen LogP contribution in [0.15, 0.2) is 30.5 Å². The number of aromatic nitrogens is 4. The summed E-state index contributed by atoms with van der Waals surface area (Å²) in [6.45, 7) is 5.42. The highest BCUT2D eigenvalue weighted by molar-refractivity contribution is 5.88. The summed E-state index contributed by atoms with van der Waals surface area (Å²) in [6.07, 6.45) is 8.52. The van der Waals surface area contributed by atoms with Crippen molar-refractivity contribution >= 4 is 22.8 Å². The number of fused-ring (bicyclic) bond motifs is 1. The molecule has 0 unspecified atom stereocenters. The summed E-state index contributed by atoms with van der Waals surface area (Å²) in [5.41, 5.74) is 3.13. The van der Waals surface area contributed by atoms with Gasteiger partial charge in [-0.05, 0) is 51.2 Å². The van der Waals surface area contributed by atoms with Crippen LogP contribution in [-0.2, 0) is 4.79 Å². The first-order valence-electron chi connectivity index (χ1n) is 12.0. The number of hydrogen-bond acceptors (Lipinski definition) is 5. The van der Waals surface area contributed by atoms with Gasteiger partial charge >= 0.3 is 0 Å². The van der Waals surface area contributed by atoms with E-state index < -0.39 is 0 Å². The number of benzene rings is 1. The number of amides is 1. The van der Waals surface area contributed by atoms with Crippen LogP contribution in [0.4, 0.5) is 5.82 Å². The van der Waals surface area contributed by atoms with Crippen LogP contribution in [0.1, 0.15) is 55.8 Å². The number of aryl methyl sites for hydroxylation is 1. The number of rotatable bonds is 4. The first kappa shape index (κ1) is 19.7. The van der Waals surface area contributed by atoms with Gasteiger partial charge in [0.1, 0.15) is 11.6 Å². The molecule has 1 saturated heterocycles. The van der Waals surface area contributed by atoms with Gasteiger partial charge in [0.15, 0.2) is 5.65 Å². The average Bonchev–Trinajstić information content (AvgIpc) is 3.56. The van der Waals surface area contributed by atoms with E-state index in [-0.39, 0.29) is 5.92 Å². The predicted octanol–water partition coefficient (Wildman–Crippen LogP) is 3.84. The molecule has 3 fully saturated rings. The van der Waals surface area contributed by atoms with Gasteiger partial charge < -0.3 is 9.80 Å². The Kier molecular flexibility index (Phi) is 4.85. The molecule has 0 spiro atoms. The van der Waals surface area contributed by atoms with Crippen LogP contribution >= 0.6 is 0 Å². The highest BCUT2D eigenvalue weighted by Gasteiger charge is 2.32. The maximum Gasteiger partial charge on any atom is 0.225 e. The third kappa shape index (κ3) is 3.53. The molecule has 1 aromatic carbocycles. The summed E-state index contributed by atoms with van der Waals surface area (Å²) in [7, 11) is 0. The molecule has 1 amide bonds. The van der Waals surface area contributed by atoms with Crippen LogP contribution in [0.2, 0.25) is 0 Å². The monoisotopic (exact) mass is 430 g/mol. The lowest BCUT2D eigenvalue weighted by atomic mass is 9.84. The Balaban J connectivity index is 1.34. The van der Waals surface area contributed by atoms with Crippen molar-refractivity contribution in [3.8, 4) is 5.69 Å². The van der Waals surface area contributed by atoms with Gasteiger partial charge in [-0.15, -0.1) is 0 Å². The van der Waals surface area contributed by atoms with Crippen molar-refractivity contribution in [2.75, 3.05) is 31.1 Å². The molecular weight excluding hydrogens is 400 g/mol. The minimum absolute atomic E-state index is 0.265. The molecule has 166 valence electrons. The lowest BCUT2D eigenvalue weighted by Gasteiger charge is -2.31. The Bertz CT molecular complexity index is 1150. The number of carbonyl (C=O) groups is 1. The number of hydrogen-bond donors (Lipinski definition) is 0. The van der Waals surface area contributed by atoms with Gasteiger partial charge in [0.05, 0.1) is 17.3 Å². The highest BCUT2D eigenvalue weighted by Crippen LogP contribution is 2.40. The molecule has 6 rings (SSSR count). The van der Waals surface area contributed by atoms with Crippen molar-refractivity contribution in [3.05, 3.63) is 41.9 Å². The zero-order chi connectivity index (χ0) is 21.7. The van der Waals surface area contributed by atoms with Crippen molar-refractivity contribution in [2.45, 2.75) is 51.4 Å². The van der Waals surface area contributed by atoms with Crippen LogP contribution in [0.5, 0.6) is 0 Å². The Labute approximate surface area is 188 Å². The van der Waals surface area contributed by atoms with Crippen LogP contribution in [-0.4, -0.2) is 56.7 Å². The third-order valence-electron chi connectivity index (χ3n) is 7.21. The van der Waals surface area contributed by atoms with E-state index in [0.29, 0.717) is 11.8 Å². The van der Waals surface area contributed by atoms with Gasteiger partial charge in [-0.3, -0.25) is 4.79 Å². The summed E-state index contributed by atoms with van der Waals surface area (Å²) in [6, 6.07) is 8.40. The van der Waals surface area contributed by atoms with E-state index in [4.69, 9.17) is 15.1 Å². The first-order chi connectivity index (χ1) is 15.7. The van der Waals surface area contributed by atoms with Crippen LogP contribution in [0.25, 0.3) is 16.7 Å². The lowest BCUT2D eigenvalue weighted by Crippen LogP contribution is -2.41. The van der Waals surface area contributed by atoms with Gasteiger partial charge in [-0.2, -0.15) is 5.10 Å². The largest absolute Gasteiger partial charge is 0.354 e. The topological polar surface area (TPSA) is 67.2 Å². The fourth-order valence-corrected chi connectivity index (χ4v) is 4.81. The SMILES string of the molecule is Cc1ccc(-n2ncc3c(N4CCCN(C(=O)C5CCC5)CC4)nc(C4CC4)nc32)cc1. The molecule has 0 bridgehead atoms. The molecule has 3 aromatic rings. The van der Waals surface area contributed by atoms with E-state index >= 15 is 0 Å². The first-order valence-corrected chi connectivity index (χ1v) is 12.0. The van der Waals surface area contributed by atoms with E-state index in [1.54, 1.807) is 0 Å². The number of anilines is 1. The number of carbonyl (C=O) groups excluding carboxylic acids is 1. The van der Waals surface area contributed by atoms with Crippen LogP contribution in [0, 0.1) is 12.8 Å². The molecule has 2 saturated carbocycles. The Hall–Kier alpha value is -2.96. The van der Waals surface area contributed by atoms with E-state index in [2.05, 4.69) is 41.0 Å². The Morgan fingerprint density at radius 3 is 2.47 bits per heavy atom. The second-order valence-electron chi connectivity index (χ2n) is 9.60. The van der Waals surface area contributed by atoms with Crippen LogP contribution in [0.3, 0.4) is 0 Å². The summed E-state index contributed by atoms with van der Waals surface area (Å²) < 4.78 is 1.94. The van der Waals surface area contributed by atoms with E-state index in [1.807, 2.05) is 10.9 Å². The summed E-state index contributed by atoms with van der Waals surface area (Å²) in [4.78, 5) is 27.2. The molecule has 3 heterocycles. The van der Waals surface area contributed by atoms with Crippen molar-refractivity contribution < 1.29 is 4.79 Å². The maximum absolute atomic E-state index is 12.8. The molecular formula is C25H30N6O. The Morgan fingerprint density at radius 1 is 0.938 bits per heavy atom. The van der Waals surface area contributed by atoms with E-state index in [1.165, 1.54) is 12.0 Å². The summed E-state index contributed by atoms with van der Waals surface area (Å²) >= 11 is 0.